The van der Waals surface area contributed by atoms with Crippen LogP contribution < -0.4 is 10.1 Å². The predicted octanol–water partition coefficient (Wildman–Crippen LogP) is 3.08. The Morgan fingerprint density at radius 1 is 1.21 bits per heavy atom. The van der Waals surface area contributed by atoms with E-state index in [0.717, 1.165) is 28.9 Å². The Bertz CT molecular complexity index is 541. The van der Waals surface area contributed by atoms with Crippen molar-refractivity contribution >= 4 is 16.6 Å². The molecule has 0 spiro atoms. The molecular formula is C15H20N2O2. The lowest BCUT2D eigenvalue weighted by Crippen LogP contribution is -2.13. The van der Waals surface area contributed by atoms with Crippen LogP contribution in [0.3, 0.4) is 0 Å². The van der Waals surface area contributed by atoms with Crippen molar-refractivity contribution in [1.29, 1.82) is 0 Å². The molecule has 1 aromatic carbocycles. The first kappa shape index (κ1) is 13.6. The summed E-state index contributed by atoms with van der Waals surface area (Å²) in [5.74, 6) is 1.73. The summed E-state index contributed by atoms with van der Waals surface area (Å²) >= 11 is 0. The minimum atomic E-state index is 0.252. The number of hydrogen-bond donors (Lipinski definition) is 1. The lowest BCUT2D eigenvalue weighted by Gasteiger charge is -2.12. The number of benzene rings is 1. The SMILES string of the molecule is COc1cccc2c(NCCOC(C)C)nccc12. The number of aromatic nitrogens is 1. The zero-order valence-electron chi connectivity index (χ0n) is 11.6. The smallest absolute Gasteiger partial charge is 0.134 e. The number of ether oxygens (including phenoxy) is 2. The highest BCUT2D eigenvalue weighted by Crippen LogP contribution is 2.28. The van der Waals surface area contributed by atoms with E-state index >= 15 is 0 Å². The molecule has 1 aromatic heterocycles. The lowest BCUT2D eigenvalue weighted by molar-refractivity contribution is 0.0870. The first-order valence-electron chi connectivity index (χ1n) is 6.49. The standard InChI is InChI=1S/C15H20N2O2/c1-11(2)19-10-9-17-15-13-5-4-6-14(18-3)12(13)7-8-16-15/h4-8,11H,9-10H2,1-3H3,(H,16,17). The molecule has 0 bridgehead atoms. The number of methoxy groups -OCH3 is 1. The predicted molar refractivity (Wildman–Crippen MR) is 77.9 cm³/mol. The third-order valence-electron chi connectivity index (χ3n) is 2.83. The lowest BCUT2D eigenvalue weighted by atomic mass is 10.1. The van der Waals surface area contributed by atoms with Gasteiger partial charge in [-0.25, -0.2) is 4.98 Å². The molecule has 4 heteroatoms. The number of nitrogens with zero attached hydrogens (tertiary/aromatic N) is 1. The maximum absolute atomic E-state index is 5.51. The molecule has 1 heterocycles. The fraction of sp³-hybridized carbons (Fsp3) is 0.400. The average molecular weight is 260 g/mol. The van der Waals surface area contributed by atoms with Crippen molar-refractivity contribution in [2.45, 2.75) is 20.0 Å². The molecule has 0 aliphatic heterocycles. The van der Waals surface area contributed by atoms with E-state index in [1.165, 1.54) is 0 Å². The van der Waals surface area contributed by atoms with Crippen LogP contribution in [0.1, 0.15) is 13.8 Å². The third kappa shape index (κ3) is 3.35. The zero-order chi connectivity index (χ0) is 13.7. The van der Waals surface area contributed by atoms with Crippen LogP contribution in [0.5, 0.6) is 5.75 Å². The fourth-order valence-corrected chi connectivity index (χ4v) is 1.96. The highest BCUT2D eigenvalue weighted by molar-refractivity contribution is 5.95. The van der Waals surface area contributed by atoms with Gasteiger partial charge < -0.3 is 14.8 Å². The van der Waals surface area contributed by atoms with Gasteiger partial charge in [0, 0.05) is 23.5 Å². The van der Waals surface area contributed by atoms with Gasteiger partial charge in [0.2, 0.25) is 0 Å². The molecule has 0 atom stereocenters. The quantitative estimate of drug-likeness (QED) is 0.811. The molecule has 102 valence electrons. The topological polar surface area (TPSA) is 43.4 Å². The van der Waals surface area contributed by atoms with Crippen molar-refractivity contribution in [3.05, 3.63) is 30.5 Å². The van der Waals surface area contributed by atoms with E-state index in [4.69, 9.17) is 9.47 Å². The van der Waals surface area contributed by atoms with E-state index in [9.17, 15) is 0 Å². The molecule has 0 aliphatic rings. The summed E-state index contributed by atoms with van der Waals surface area (Å²) in [5, 5.41) is 5.43. The monoisotopic (exact) mass is 260 g/mol. The maximum Gasteiger partial charge on any atom is 0.134 e. The summed E-state index contributed by atoms with van der Waals surface area (Å²) in [5.41, 5.74) is 0. The van der Waals surface area contributed by atoms with Crippen molar-refractivity contribution in [3.63, 3.8) is 0 Å². The third-order valence-corrected chi connectivity index (χ3v) is 2.83. The van der Waals surface area contributed by atoms with E-state index in [1.807, 2.05) is 38.1 Å². The number of hydrogen-bond acceptors (Lipinski definition) is 4. The Kier molecular flexibility index (Phi) is 4.58. The van der Waals surface area contributed by atoms with Gasteiger partial charge in [0.15, 0.2) is 0 Å². The van der Waals surface area contributed by atoms with Crippen LogP contribution in [0.2, 0.25) is 0 Å². The average Bonchev–Trinajstić information content (AvgIpc) is 2.42. The van der Waals surface area contributed by atoms with Gasteiger partial charge in [-0.1, -0.05) is 12.1 Å². The molecule has 2 aromatic rings. The summed E-state index contributed by atoms with van der Waals surface area (Å²) in [6.45, 7) is 5.46. The minimum absolute atomic E-state index is 0.252. The summed E-state index contributed by atoms with van der Waals surface area (Å²) in [6, 6.07) is 7.92. The highest BCUT2D eigenvalue weighted by atomic mass is 16.5. The summed E-state index contributed by atoms with van der Waals surface area (Å²) in [4.78, 5) is 4.38. The summed E-state index contributed by atoms with van der Waals surface area (Å²) < 4.78 is 10.9. The van der Waals surface area contributed by atoms with Crippen LogP contribution in [0.4, 0.5) is 5.82 Å². The molecule has 0 saturated heterocycles. The number of fused-ring (bicyclic) bond motifs is 1. The number of anilines is 1. The Hall–Kier alpha value is -1.81. The molecule has 2 rings (SSSR count). The van der Waals surface area contributed by atoms with Gasteiger partial charge in [-0.3, -0.25) is 0 Å². The van der Waals surface area contributed by atoms with Crippen LogP contribution in [0.15, 0.2) is 30.5 Å². The second-order valence-electron chi connectivity index (χ2n) is 4.56. The second kappa shape index (κ2) is 6.38. The zero-order valence-corrected chi connectivity index (χ0v) is 11.6. The number of pyridine rings is 1. The van der Waals surface area contributed by atoms with Gasteiger partial charge in [-0.15, -0.1) is 0 Å². The van der Waals surface area contributed by atoms with Gasteiger partial charge in [0.1, 0.15) is 11.6 Å². The van der Waals surface area contributed by atoms with Crippen molar-refractivity contribution in [2.75, 3.05) is 25.6 Å². The largest absolute Gasteiger partial charge is 0.496 e. The van der Waals surface area contributed by atoms with Crippen LogP contribution in [-0.4, -0.2) is 31.3 Å². The Labute approximate surface area is 113 Å². The summed E-state index contributed by atoms with van der Waals surface area (Å²) in [6.07, 6.45) is 2.04. The van der Waals surface area contributed by atoms with Gasteiger partial charge in [-0.05, 0) is 26.0 Å². The second-order valence-corrected chi connectivity index (χ2v) is 4.56. The molecule has 19 heavy (non-hydrogen) atoms. The van der Waals surface area contributed by atoms with Crippen LogP contribution >= 0.6 is 0 Å². The number of rotatable bonds is 6. The molecule has 0 radical (unpaired) electrons. The molecular weight excluding hydrogens is 240 g/mol. The van der Waals surface area contributed by atoms with Crippen LogP contribution in [-0.2, 0) is 4.74 Å². The number of nitrogens with one attached hydrogen (secondary N) is 1. The van der Waals surface area contributed by atoms with E-state index in [2.05, 4.69) is 10.3 Å². The van der Waals surface area contributed by atoms with Gasteiger partial charge >= 0.3 is 0 Å². The summed E-state index contributed by atoms with van der Waals surface area (Å²) in [7, 11) is 1.68. The molecule has 0 unspecified atom stereocenters. The Balaban J connectivity index is 2.15. The van der Waals surface area contributed by atoms with Gasteiger partial charge in [0.05, 0.1) is 19.8 Å². The van der Waals surface area contributed by atoms with Crippen molar-refractivity contribution in [3.8, 4) is 5.75 Å². The maximum atomic E-state index is 5.51. The Morgan fingerprint density at radius 2 is 2.05 bits per heavy atom. The van der Waals surface area contributed by atoms with E-state index in [0.29, 0.717) is 6.61 Å². The van der Waals surface area contributed by atoms with Crippen molar-refractivity contribution in [1.82, 2.24) is 4.98 Å². The molecule has 0 fully saturated rings. The normalized spacial score (nSPS) is 10.9. The first-order valence-corrected chi connectivity index (χ1v) is 6.49. The van der Waals surface area contributed by atoms with E-state index < -0.39 is 0 Å². The molecule has 0 amide bonds. The van der Waals surface area contributed by atoms with Crippen molar-refractivity contribution < 1.29 is 9.47 Å². The van der Waals surface area contributed by atoms with Crippen molar-refractivity contribution in [2.24, 2.45) is 0 Å². The highest BCUT2D eigenvalue weighted by Gasteiger charge is 2.05. The molecule has 0 saturated carbocycles. The first-order chi connectivity index (χ1) is 9.22. The van der Waals surface area contributed by atoms with Crippen LogP contribution in [0, 0.1) is 0 Å². The van der Waals surface area contributed by atoms with E-state index in [1.54, 1.807) is 13.3 Å². The van der Waals surface area contributed by atoms with Gasteiger partial charge in [0.25, 0.3) is 0 Å². The van der Waals surface area contributed by atoms with E-state index in [-0.39, 0.29) is 6.10 Å². The van der Waals surface area contributed by atoms with Gasteiger partial charge in [-0.2, -0.15) is 0 Å². The molecule has 1 N–H and O–H groups in total. The fourth-order valence-electron chi connectivity index (χ4n) is 1.96. The van der Waals surface area contributed by atoms with Crippen LogP contribution in [0.25, 0.3) is 10.8 Å². The Morgan fingerprint density at radius 3 is 2.79 bits per heavy atom. The molecule has 4 nitrogen and oxygen atoms in total. The molecule has 0 aliphatic carbocycles. The minimum Gasteiger partial charge on any atom is -0.496 e.